The molecule has 1 N–H and O–H groups in total. The second-order valence-electron chi connectivity index (χ2n) is 6.78. The first-order chi connectivity index (χ1) is 14.2. The van der Waals surface area contributed by atoms with Gasteiger partial charge in [-0.15, -0.1) is 11.3 Å². The Bertz CT molecular complexity index is 1140. The Hall–Kier alpha value is -2.57. The topological polar surface area (TPSA) is 55.0 Å². The number of aromatic nitrogens is 2. The van der Waals surface area contributed by atoms with E-state index in [1.54, 1.807) is 11.8 Å². The molecular formula is C23H22N2O2S2. The van der Waals surface area contributed by atoms with Crippen molar-refractivity contribution in [2.75, 3.05) is 12.4 Å². The lowest BCUT2D eigenvalue weighted by Crippen LogP contribution is -2.08. The van der Waals surface area contributed by atoms with E-state index in [2.05, 4.69) is 29.0 Å². The summed E-state index contributed by atoms with van der Waals surface area (Å²) < 4.78 is 5.75. The monoisotopic (exact) mass is 422 g/mol. The van der Waals surface area contributed by atoms with E-state index in [0.29, 0.717) is 17.1 Å². The van der Waals surface area contributed by atoms with Gasteiger partial charge in [-0.25, -0.2) is 4.98 Å². The molecule has 2 aromatic heterocycles. The fourth-order valence-electron chi connectivity index (χ4n) is 3.03. The normalized spacial score (nSPS) is 11.1. The quantitative estimate of drug-likeness (QED) is 0.218. The average Bonchev–Trinajstić information content (AvgIpc) is 3.17. The van der Waals surface area contributed by atoms with Gasteiger partial charge in [-0.05, 0) is 37.5 Å². The molecule has 0 unspecified atom stereocenters. The van der Waals surface area contributed by atoms with E-state index in [1.807, 2.05) is 47.8 Å². The van der Waals surface area contributed by atoms with Crippen LogP contribution in [-0.4, -0.2) is 22.3 Å². The molecule has 0 radical (unpaired) electrons. The van der Waals surface area contributed by atoms with E-state index in [1.165, 1.54) is 16.9 Å². The third-order valence-corrected chi connectivity index (χ3v) is 6.41. The first-order valence-electron chi connectivity index (χ1n) is 9.60. The number of benzene rings is 2. The average molecular weight is 423 g/mol. The molecule has 0 amide bonds. The Labute approximate surface area is 178 Å². The molecule has 4 rings (SSSR count). The summed E-state index contributed by atoms with van der Waals surface area (Å²) in [6.45, 7) is 2.76. The molecule has 6 heteroatoms. The van der Waals surface area contributed by atoms with Gasteiger partial charge in [-0.3, -0.25) is 4.79 Å². The third-order valence-electron chi connectivity index (χ3n) is 4.57. The maximum atomic E-state index is 12.6. The van der Waals surface area contributed by atoms with Crippen LogP contribution in [0.4, 0.5) is 0 Å². The number of rotatable bonds is 8. The van der Waals surface area contributed by atoms with Gasteiger partial charge in [0.05, 0.1) is 12.0 Å². The Kier molecular flexibility index (Phi) is 6.32. The van der Waals surface area contributed by atoms with Crippen LogP contribution in [0.2, 0.25) is 0 Å². The van der Waals surface area contributed by atoms with Gasteiger partial charge >= 0.3 is 0 Å². The largest absolute Gasteiger partial charge is 0.494 e. The molecule has 4 nitrogen and oxygen atoms in total. The first-order valence-corrected chi connectivity index (χ1v) is 11.5. The van der Waals surface area contributed by atoms with E-state index >= 15 is 0 Å². The molecular weight excluding hydrogens is 400 g/mol. The number of unbranched alkanes of at least 4 members (excludes halogenated alkanes) is 1. The van der Waals surface area contributed by atoms with E-state index in [4.69, 9.17) is 4.74 Å². The number of aryl methyl sites for hydroxylation is 1. The van der Waals surface area contributed by atoms with Crippen LogP contribution in [0.25, 0.3) is 21.3 Å². The number of thioether (sulfide) groups is 1. The predicted octanol–water partition coefficient (Wildman–Crippen LogP) is 5.91. The van der Waals surface area contributed by atoms with Gasteiger partial charge in [-0.1, -0.05) is 59.8 Å². The summed E-state index contributed by atoms with van der Waals surface area (Å²) in [4.78, 5) is 21.0. The number of hydrogen-bond donors (Lipinski definition) is 1. The minimum absolute atomic E-state index is 0.0692. The van der Waals surface area contributed by atoms with Gasteiger partial charge in [0.25, 0.3) is 5.56 Å². The summed E-state index contributed by atoms with van der Waals surface area (Å²) in [6, 6.07) is 18.1. The number of aromatic amines is 1. The molecule has 0 fully saturated rings. The summed E-state index contributed by atoms with van der Waals surface area (Å²) in [5, 5.41) is 3.37. The molecule has 0 saturated heterocycles. The SMILES string of the molecule is Cc1ccc(OCCCCSc2nc3scc(-c4ccccc4)c3c(=O)[nH]2)cc1. The summed E-state index contributed by atoms with van der Waals surface area (Å²) in [6.07, 6.45) is 1.96. The molecule has 0 saturated carbocycles. The highest BCUT2D eigenvalue weighted by Gasteiger charge is 2.12. The van der Waals surface area contributed by atoms with Crippen LogP contribution in [0.15, 0.2) is 69.9 Å². The second kappa shape index (κ2) is 9.29. The predicted molar refractivity (Wildman–Crippen MR) is 122 cm³/mol. The number of H-pyrrole nitrogens is 1. The maximum absolute atomic E-state index is 12.6. The zero-order valence-electron chi connectivity index (χ0n) is 16.2. The zero-order valence-corrected chi connectivity index (χ0v) is 17.8. The van der Waals surface area contributed by atoms with E-state index < -0.39 is 0 Å². The van der Waals surface area contributed by atoms with Crippen LogP contribution >= 0.6 is 23.1 Å². The Morgan fingerprint density at radius 2 is 1.86 bits per heavy atom. The van der Waals surface area contributed by atoms with Gasteiger partial charge in [0.15, 0.2) is 5.16 Å². The second-order valence-corrected chi connectivity index (χ2v) is 8.73. The van der Waals surface area contributed by atoms with Crippen molar-refractivity contribution >= 4 is 33.3 Å². The standard InChI is InChI=1S/C23H22N2O2S2/c1-16-9-11-18(12-10-16)27-13-5-6-14-28-23-24-21(26)20-19(15-29-22(20)25-23)17-7-3-2-4-8-17/h2-4,7-12,15H,5-6,13-14H2,1H3,(H,24,25,26). The van der Waals surface area contributed by atoms with Crippen LogP contribution in [0.1, 0.15) is 18.4 Å². The maximum Gasteiger partial charge on any atom is 0.260 e. The van der Waals surface area contributed by atoms with Gasteiger partial charge in [0, 0.05) is 16.7 Å². The number of fused-ring (bicyclic) bond motifs is 1. The number of ether oxygens (including phenoxy) is 1. The summed E-state index contributed by atoms with van der Waals surface area (Å²) in [7, 11) is 0. The molecule has 0 bridgehead atoms. The molecule has 148 valence electrons. The van der Waals surface area contributed by atoms with Crippen molar-refractivity contribution < 1.29 is 4.74 Å². The van der Waals surface area contributed by atoms with E-state index in [-0.39, 0.29) is 5.56 Å². The minimum atomic E-state index is -0.0692. The molecule has 0 aliphatic carbocycles. The highest BCUT2D eigenvalue weighted by Crippen LogP contribution is 2.31. The minimum Gasteiger partial charge on any atom is -0.494 e. The van der Waals surface area contributed by atoms with Crippen LogP contribution in [-0.2, 0) is 0 Å². The van der Waals surface area contributed by atoms with Crippen LogP contribution < -0.4 is 10.3 Å². The molecule has 0 aliphatic rings. The number of nitrogens with one attached hydrogen (secondary N) is 1. The van der Waals surface area contributed by atoms with Crippen LogP contribution in [0.3, 0.4) is 0 Å². The van der Waals surface area contributed by atoms with Crippen molar-refractivity contribution in [1.82, 2.24) is 9.97 Å². The Balaban J connectivity index is 1.32. The molecule has 2 heterocycles. The Morgan fingerprint density at radius 1 is 1.07 bits per heavy atom. The molecule has 2 aromatic carbocycles. The molecule has 4 aromatic rings. The summed E-state index contributed by atoms with van der Waals surface area (Å²) in [5.74, 6) is 1.80. The summed E-state index contributed by atoms with van der Waals surface area (Å²) in [5.41, 5.74) is 3.15. The van der Waals surface area contributed by atoms with Gasteiger partial charge in [0.1, 0.15) is 10.6 Å². The van der Waals surface area contributed by atoms with Crippen LogP contribution in [0.5, 0.6) is 5.75 Å². The fourth-order valence-corrected chi connectivity index (χ4v) is 4.89. The fraction of sp³-hybridized carbons (Fsp3) is 0.217. The lowest BCUT2D eigenvalue weighted by Gasteiger charge is -2.06. The smallest absolute Gasteiger partial charge is 0.260 e. The number of nitrogens with zero attached hydrogens (tertiary/aromatic N) is 1. The van der Waals surface area contributed by atoms with E-state index in [0.717, 1.165) is 40.3 Å². The molecule has 0 spiro atoms. The Morgan fingerprint density at radius 3 is 2.66 bits per heavy atom. The van der Waals surface area contributed by atoms with Gasteiger partial charge in [-0.2, -0.15) is 0 Å². The third kappa shape index (κ3) is 4.89. The van der Waals surface area contributed by atoms with Crippen molar-refractivity contribution in [3.05, 3.63) is 75.9 Å². The lowest BCUT2D eigenvalue weighted by molar-refractivity contribution is 0.310. The van der Waals surface area contributed by atoms with Crippen molar-refractivity contribution in [2.45, 2.75) is 24.9 Å². The number of thiophene rings is 1. The molecule has 0 aliphatic heterocycles. The number of hydrogen-bond acceptors (Lipinski definition) is 5. The van der Waals surface area contributed by atoms with Gasteiger partial charge in [0.2, 0.25) is 0 Å². The highest BCUT2D eigenvalue weighted by molar-refractivity contribution is 7.99. The first kappa shape index (κ1) is 19.7. The van der Waals surface area contributed by atoms with Crippen LogP contribution in [0, 0.1) is 6.92 Å². The highest BCUT2D eigenvalue weighted by atomic mass is 32.2. The lowest BCUT2D eigenvalue weighted by atomic mass is 10.1. The summed E-state index contributed by atoms with van der Waals surface area (Å²) >= 11 is 3.11. The van der Waals surface area contributed by atoms with Gasteiger partial charge < -0.3 is 9.72 Å². The zero-order chi connectivity index (χ0) is 20.1. The van der Waals surface area contributed by atoms with Crippen molar-refractivity contribution in [2.24, 2.45) is 0 Å². The van der Waals surface area contributed by atoms with E-state index in [9.17, 15) is 4.79 Å². The van der Waals surface area contributed by atoms with Crippen molar-refractivity contribution in [3.8, 4) is 16.9 Å². The van der Waals surface area contributed by atoms with Crippen molar-refractivity contribution in [1.29, 1.82) is 0 Å². The molecule has 0 atom stereocenters. The van der Waals surface area contributed by atoms with Crippen molar-refractivity contribution in [3.63, 3.8) is 0 Å². The molecule has 29 heavy (non-hydrogen) atoms.